The van der Waals surface area contributed by atoms with Crippen LogP contribution in [0, 0.1) is 11.8 Å². The number of alkyl carbamates (subject to hydrolysis) is 1. The van der Waals surface area contributed by atoms with E-state index in [0.29, 0.717) is 0 Å². The minimum absolute atomic E-state index is 0.0583. The molecule has 1 unspecified atom stereocenters. The van der Waals surface area contributed by atoms with Gasteiger partial charge in [-0.3, -0.25) is 4.79 Å². The van der Waals surface area contributed by atoms with E-state index in [1.165, 1.54) is 0 Å². The molecule has 0 spiro atoms. The third-order valence-electron chi connectivity index (χ3n) is 4.92. The highest BCUT2D eigenvalue weighted by atomic mass is 16.5. The Kier molecular flexibility index (Phi) is 6.58. The van der Waals surface area contributed by atoms with E-state index in [1.54, 1.807) is 0 Å². The van der Waals surface area contributed by atoms with Crippen molar-refractivity contribution in [2.75, 3.05) is 19.7 Å². The molecule has 8 nitrogen and oxygen atoms in total. The summed E-state index contributed by atoms with van der Waals surface area (Å²) >= 11 is 0. The van der Waals surface area contributed by atoms with Crippen molar-refractivity contribution in [3.05, 3.63) is 59.7 Å². The molecule has 2 aromatic rings. The van der Waals surface area contributed by atoms with Crippen LogP contribution in [0.25, 0.3) is 11.1 Å². The van der Waals surface area contributed by atoms with Gasteiger partial charge < -0.3 is 25.6 Å². The number of carboxylic acid groups (broad SMARTS) is 1. The number of aliphatic carboxylic acids is 1. The zero-order valence-corrected chi connectivity index (χ0v) is 16.8. The van der Waals surface area contributed by atoms with Crippen LogP contribution in [0.5, 0.6) is 0 Å². The molecular formula is C23H22N2O6. The highest BCUT2D eigenvalue weighted by molar-refractivity contribution is 5.94. The number of benzene rings is 2. The number of carboxylic acids is 1. The van der Waals surface area contributed by atoms with Crippen LogP contribution < -0.4 is 10.6 Å². The molecular weight excluding hydrogens is 400 g/mol. The second-order valence-corrected chi connectivity index (χ2v) is 7.24. The van der Waals surface area contributed by atoms with Gasteiger partial charge in [0.1, 0.15) is 6.61 Å². The normalized spacial score (nSPS) is 13.6. The Labute approximate surface area is 179 Å². The molecule has 0 fully saturated rings. The van der Waals surface area contributed by atoms with Gasteiger partial charge in [0.15, 0.2) is 5.60 Å². The number of fused-ring (bicyclic) bond motifs is 3. The van der Waals surface area contributed by atoms with Gasteiger partial charge in [0, 0.05) is 5.92 Å². The number of aliphatic hydroxyl groups is 1. The lowest BCUT2D eigenvalue weighted by Crippen LogP contribution is -2.46. The smallest absolute Gasteiger partial charge is 0.407 e. The quantitative estimate of drug-likeness (QED) is 0.523. The van der Waals surface area contributed by atoms with Gasteiger partial charge in [0.25, 0.3) is 5.91 Å². The van der Waals surface area contributed by atoms with Crippen LogP contribution in [0.1, 0.15) is 24.0 Å². The van der Waals surface area contributed by atoms with Crippen molar-refractivity contribution >= 4 is 18.0 Å². The maximum atomic E-state index is 12.0. The van der Waals surface area contributed by atoms with E-state index in [0.717, 1.165) is 29.2 Å². The van der Waals surface area contributed by atoms with Crippen LogP contribution in [0.3, 0.4) is 0 Å². The molecule has 1 aliphatic rings. The molecule has 2 aromatic carbocycles. The van der Waals surface area contributed by atoms with Crippen LogP contribution in [0.4, 0.5) is 4.79 Å². The second kappa shape index (κ2) is 9.32. The van der Waals surface area contributed by atoms with Gasteiger partial charge >= 0.3 is 12.1 Å². The molecule has 3 rings (SSSR count). The van der Waals surface area contributed by atoms with Crippen molar-refractivity contribution in [1.82, 2.24) is 10.6 Å². The number of carbonyl (C=O) groups excluding carboxylic acids is 2. The fourth-order valence-corrected chi connectivity index (χ4v) is 3.26. The monoisotopic (exact) mass is 422 g/mol. The predicted molar refractivity (Wildman–Crippen MR) is 112 cm³/mol. The molecule has 0 heterocycles. The first kappa shape index (κ1) is 21.9. The fraction of sp³-hybridized carbons (Fsp3) is 0.261. The summed E-state index contributed by atoms with van der Waals surface area (Å²) in [5.74, 6) is 2.35. The van der Waals surface area contributed by atoms with Crippen LogP contribution in [-0.4, -0.2) is 53.5 Å². The summed E-state index contributed by atoms with van der Waals surface area (Å²) in [4.78, 5) is 34.3. The maximum absolute atomic E-state index is 12.0. The average molecular weight is 422 g/mol. The largest absolute Gasteiger partial charge is 0.479 e. The number of ether oxygens (including phenoxy) is 1. The van der Waals surface area contributed by atoms with Crippen molar-refractivity contribution in [1.29, 1.82) is 0 Å². The van der Waals surface area contributed by atoms with Gasteiger partial charge in [-0.15, -0.1) is 0 Å². The van der Waals surface area contributed by atoms with Gasteiger partial charge in [-0.1, -0.05) is 54.5 Å². The van der Waals surface area contributed by atoms with Crippen LogP contribution in [-0.2, 0) is 14.3 Å². The lowest BCUT2D eigenvalue weighted by molar-refractivity contribution is -0.156. The first-order valence-electron chi connectivity index (χ1n) is 9.61. The molecule has 0 bridgehead atoms. The third-order valence-corrected chi connectivity index (χ3v) is 4.92. The van der Waals surface area contributed by atoms with Crippen LogP contribution in [0.15, 0.2) is 48.5 Å². The molecule has 0 aromatic heterocycles. The van der Waals surface area contributed by atoms with E-state index >= 15 is 0 Å². The van der Waals surface area contributed by atoms with Crippen molar-refractivity contribution in [3.63, 3.8) is 0 Å². The topological polar surface area (TPSA) is 125 Å². The zero-order valence-electron chi connectivity index (χ0n) is 16.8. The van der Waals surface area contributed by atoms with Crippen molar-refractivity contribution in [2.45, 2.75) is 18.4 Å². The van der Waals surface area contributed by atoms with Crippen LogP contribution in [0.2, 0.25) is 0 Å². The number of nitrogens with one attached hydrogen (secondary N) is 2. The van der Waals surface area contributed by atoms with Gasteiger partial charge in [-0.25, -0.2) is 9.59 Å². The van der Waals surface area contributed by atoms with E-state index in [4.69, 9.17) is 9.84 Å². The van der Waals surface area contributed by atoms with Crippen molar-refractivity contribution in [2.24, 2.45) is 0 Å². The highest BCUT2D eigenvalue weighted by Crippen LogP contribution is 2.44. The SMILES string of the molecule is CC(O)(CNC(=O)C#CCNC(=O)OCC1c2ccccc2-c2ccccc21)C(=O)O. The molecule has 31 heavy (non-hydrogen) atoms. The van der Waals surface area contributed by atoms with E-state index in [9.17, 15) is 19.5 Å². The summed E-state index contributed by atoms with van der Waals surface area (Å²) in [5, 5.41) is 22.9. The second-order valence-electron chi connectivity index (χ2n) is 7.24. The molecule has 2 amide bonds. The molecule has 0 saturated carbocycles. The Bertz CT molecular complexity index is 1020. The minimum atomic E-state index is -2.09. The lowest BCUT2D eigenvalue weighted by Gasteiger charge is -2.16. The fourth-order valence-electron chi connectivity index (χ4n) is 3.26. The molecule has 1 atom stereocenters. The molecule has 0 aliphatic heterocycles. The van der Waals surface area contributed by atoms with Gasteiger partial charge in [-0.05, 0) is 35.1 Å². The van der Waals surface area contributed by atoms with Crippen molar-refractivity contribution < 1.29 is 29.3 Å². The van der Waals surface area contributed by atoms with Gasteiger partial charge in [-0.2, -0.15) is 0 Å². The first-order valence-corrected chi connectivity index (χ1v) is 9.61. The number of rotatable bonds is 6. The molecule has 1 aliphatic carbocycles. The summed E-state index contributed by atoms with van der Waals surface area (Å²) < 4.78 is 5.35. The summed E-state index contributed by atoms with van der Waals surface area (Å²) in [7, 11) is 0. The molecule has 0 radical (unpaired) electrons. The number of amides is 2. The Hall–Kier alpha value is -3.83. The zero-order chi connectivity index (χ0) is 22.4. The predicted octanol–water partition coefficient (Wildman–Crippen LogP) is 1.48. The maximum Gasteiger partial charge on any atom is 0.407 e. The minimum Gasteiger partial charge on any atom is -0.479 e. The lowest BCUT2D eigenvalue weighted by atomic mass is 9.98. The Morgan fingerprint density at radius 3 is 2.19 bits per heavy atom. The number of carbonyl (C=O) groups is 3. The first-order chi connectivity index (χ1) is 14.8. The summed E-state index contributed by atoms with van der Waals surface area (Å²) in [6.45, 7) is 0.606. The Balaban J connectivity index is 1.47. The third kappa shape index (κ3) is 5.21. The summed E-state index contributed by atoms with van der Waals surface area (Å²) in [6, 6.07) is 16.0. The summed E-state index contributed by atoms with van der Waals surface area (Å²) in [6.07, 6.45) is -0.662. The molecule has 0 saturated heterocycles. The number of hydrogen-bond donors (Lipinski definition) is 4. The van der Waals surface area contributed by atoms with Crippen molar-refractivity contribution in [3.8, 4) is 23.0 Å². The van der Waals surface area contributed by atoms with Gasteiger partial charge in [0.2, 0.25) is 0 Å². The number of hydrogen-bond acceptors (Lipinski definition) is 5. The average Bonchev–Trinajstić information content (AvgIpc) is 3.07. The molecule has 4 N–H and O–H groups in total. The Morgan fingerprint density at radius 1 is 1.03 bits per heavy atom. The summed E-state index contributed by atoms with van der Waals surface area (Å²) in [5.41, 5.74) is 2.38. The van der Waals surface area contributed by atoms with Crippen LogP contribution >= 0.6 is 0 Å². The van der Waals surface area contributed by atoms with E-state index in [-0.39, 0.29) is 19.1 Å². The Morgan fingerprint density at radius 2 is 1.61 bits per heavy atom. The van der Waals surface area contributed by atoms with Gasteiger partial charge in [0.05, 0.1) is 13.1 Å². The van der Waals surface area contributed by atoms with E-state index in [2.05, 4.69) is 22.5 Å². The van der Waals surface area contributed by atoms with E-state index < -0.39 is 30.1 Å². The highest BCUT2D eigenvalue weighted by Gasteiger charge is 2.30. The molecule has 160 valence electrons. The standard InChI is InChI=1S/C23H22N2O6/c1-23(30,21(27)28)14-25-20(26)11-6-12-24-22(29)31-13-19-17-9-4-2-7-15(17)16-8-3-5-10-18(16)19/h2-5,7-10,19,30H,12-14H2,1H3,(H,24,29)(H,25,26)(H,27,28). The molecule has 8 heteroatoms. The van der Waals surface area contributed by atoms with E-state index in [1.807, 2.05) is 48.5 Å².